The number of fused-ring (bicyclic) bond motifs is 1. The van der Waals surface area contributed by atoms with Crippen LogP contribution in [-0.4, -0.2) is 81.6 Å². The predicted molar refractivity (Wildman–Crippen MR) is 163 cm³/mol. The molecule has 2 heterocycles. The fourth-order valence-electron chi connectivity index (χ4n) is 5.73. The third-order valence-electron chi connectivity index (χ3n) is 7.92. The van der Waals surface area contributed by atoms with Crippen LogP contribution in [0.15, 0.2) is 69.9 Å². The summed E-state index contributed by atoms with van der Waals surface area (Å²) in [5, 5.41) is 19.2. The number of carbonyl (C=O) groups excluding carboxylic acids is 1. The number of halogens is 1. The van der Waals surface area contributed by atoms with Crippen LogP contribution in [0.3, 0.4) is 0 Å². The Kier molecular flexibility index (Phi) is 9.64. The van der Waals surface area contributed by atoms with Gasteiger partial charge in [-0.2, -0.15) is 0 Å². The van der Waals surface area contributed by atoms with Crippen molar-refractivity contribution in [2.75, 3.05) is 33.2 Å². The van der Waals surface area contributed by atoms with E-state index in [1.165, 1.54) is 11.3 Å². The molecule has 5 rings (SSSR count). The Morgan fingerprint density at radius 1 is 1.15 bits per heavy atom. The average molecular weight is 576 g/mol. The zero-order valence-corrected chi connectivity index (χ0v) is 24.3. The number of carbonyl (C=O) groups is 1. The average Bonchev–Trinajstić information content (AvgIpc) is 2.99. The quantitative estimate of drug-likeness (QED) is 0.251. The summed E-state index contributed by atoms with van der Waals surface area (Å²) >= 11 is 6.16. The van der Waals surface area contributed by atoms with E-state index in [1.807, 2.05) is 41.5 Å². The second kappa shape index (κ2) is 13.6. The lowest BCUT2D eigenvalue weighted by Gasteiger charge is -2.38. The molecule has 0 saturated carbocycles. The monoisotopic (exact) mass is 575 g/mol. The number of amides is 1. The summed E-state index contributed by atoms with van der Waals surface area (Å²) in [7, 11) is 1.81. The molecule has 2 N–H and O–H groups in total. The Bertz CT molecular complexity index is 1420. The normalized spacial score (nSPS) is 19.6. The molecule has 1 saturated heterocycles. The predicted octanol–water partition coefficient (Wildman–Crippen LogP) is 4.88. The molecule has 3 aliphatic rings. The largest absolute Gasteiger partial charge is 0.368 e. The Labute approximate surface area is 246 Å². The molecule has 1 aliphatic heterocycles. The molecule has 1 aromatic carbocycles. The van der Waals surface area contributed by atoms with Crippen LogP contribution < -0.4 is 0 Å². The molecule has 2 aliphatic carbocycles. The lowest BCUT2D eigenvalue weighted by Crippen LogP contribution is -2.48. The van der Waals surface area contributed by atoms with E-state index in [1.54, 1.807) is 7.05 Å². The van der Waals surface area contributed by atoms with Crippen molar-refractivity contribution in [1.29, 1.82) is 0 Å². The molecule has 1 atom stereocenters. The number of benzene rings is 1. The van der Waals surface area contributed by atoms with Gasteiger partial charge in [0.05, 0.1) is 22.4 Å². The van der Waals surface area contributed by atoms with Crippen LogP contribution >= 0.6 is 11.6 Å². The number of rotatable bonds is 9. The van der Waals surface area contributed by atoms with Crippen LogP contribution in [0.5, 0.6) is 0 Å². The van der Waals surface area contributed by atoms with Gasteiger partial charge in [0.2, 0.25) is 0 Å². The fraction of sp³-hybridized carbons (Fsp3) is 0.438. The van der Waals surface area contributed by atoms with Gasteiger partial charge in [-0.3, -0.25) is 9.79 Å². The Morgan fingerprint density at radius 3 is 2.71 bits per heavy atom. The topological polar surface area (TPSA) is 102 Å². The number of piperazine rings is 1. The van der Waals surface area contributed by atoms with Crippen LogP contribution in [0.2, 0.25) is 0 Å². The first kappa shape index (κ1) is 29.2. The van der Waals surface area contributed by atoms with Crippen LogP contribution in [0, 0.1) is 0 Å². The van der Waals surface area contributed by atoms with Crippen LogP contribution in [0.1, 0.15) is 66.2 Å². The minimum absolute atomic E-state index is 0.00872. The van der Waals surface area contributed by atoms with Gasteiger partial charge in [-0.05, 0) is 80.9 Å². The summed E-state index contributed by atoms with van der Waals surface area (Å²) in [6.45, 7) is 2.87. The van der Waals surface area contributed by atoms with Gasteiger partial charge in [0.25, 0.3) is 5.91 Å². The third kappa shape index (κ3) is 7.12. The summed E-state index contributed by atoms with van der Waals surface area (Å²) in [6.07, 6.45) is 16.2. The zero-order valence-electron chi connectivity index (χ0n) is 23.5. The summed E-state index contributed by atoms with van der Waals surface area (Å²) < 4.78 is 0. The first-order valence-electron chi connectivity index (χ1n) is 14.5. The summed E-state index contributed by atoms with van der Waals surface area (Å²) in [5.41, 5.74) is 6.34. The van der Waals surface area contributed by atoms with Crippen LogP contribution in [0.25, 0.3) is 11.0 Å². The maximum absolute atomic E-state index is 13.5. The van der Waals surface area contributed by atoms with Crippen molar-refractivity contribution in [2.24, 2.45) is 4.99 Å². The molecule has 0 radical (unpaired) electrons. The van der Waals surface area contributed by atoms with E-state index in [0.717, 1.165) is 60.7 Å². The molecule has 1 aromatic heterocycles. The summed E-state index contributed by atoms with van der Waals surface area (Å²) in [5.74, 6) is 0.0816. The molecule has 216 valence electrons. The van der Waals surface area contributed by atoms with Crippen LogP contribution in [0.4, 0.5) is 0 Å². The van der Waals surface area contributed by atoms with Crippen LogP contribution in [-0.2, 0) is 6.42 Å². The number of aliphatic hydroxyl groups is 2. The lowest BCUT2D eigenvalue weighted by atomic mass is 9.93. The lowest BCUT2D eigenvalue weighted by molar-refractivity contribution is -0.0465. The highest BCUT2D eigenvalue weighted by atomic mass is 35.5. The van der Waals surface area contributed by atoms with Gasteiger partial charge in [0, 0.05) is 61.7 Å². The number of nitrogens with zero attached hydrogens (tertiary/aromatic N) is 5. The van der Waals surface area contributed by atoms with E-state index >= 15 is 0 Å². The van der Waals surface area contributed by atoms with Crippen molar-refractivity contribution in [2.45, 2.75) is 57.2 Å². The highest BCUT2D eigenvalue weighted by Crippen LogP contribution is 2.31. The van der Waals surface area contributed by atoms with Crippen molar-refractivity contribution in [3.8, 4) is 0 Å². The molecule has 1 unspecified atom stereocenters. The smallest absolute Gasteiger partial charge is 0.254 e. The molecule has 2 aromatic rings. The molecule has 1 amide bonds. The van der Waals surface area contributed by atoms with Gasteiger partial charge in [-0.15, -0.1) is 0 Å². The highest BCUT2D eigenvalue weighted by Gasteiger charge is 2.25. The van der Waals surface area contributed by atoms with Gasteiger partial charge in [0.15, 0.2) is 6.29 Å². The van der Waals surface area contributed by atoms with Gasteiger partial charge >= 0.3 is 0 Å². The molecule has 1 fully saturated rings. The Hall–Kier alpha value is -3.33. The number of allylic oxidation sites excluding steroid dienone is 7. The van der Waals surface area contributed by atoms with Crippen molar-refractivity contribution >= 4 is 34.8 Å². The Balaban J connectivity index is 1.33. The highest BCUT2D eigenvalue weighted by molar-refractivity contribution is 6.31. The number of unbranched alkanes of at least 4 members (excludes halogenated alkanes) is 1. The molecule has 0 spiro atoms. The number of aryl methyl sites for hydroxylation is 1. The van der Waals surface area contributed by atoms with E-state index in [9.17, 15) is 15.0 Å². The van der Waals surface area contributed by atoms with Crippen molar-refractivity contribution < 1.29 is 15.0 Å². The van der Waals surface area contributed by atoms with Gasteiger partial charge in [0.1, 0.15) is 0 Å². The summed E-state index contributed by atoms with van der Waals surface area (Å²) in [6, 6.07) is 5.61. The molecule has 41 heavy (non-hydrogen) atoms. The number of aliphatic imine (C=N–C) groups is 1. The first-order chi connectivity index (χ1) is 19.9. The van der Waals surface area contributed by atoms with Crippen molar-refractivity contribution in [1.82, 2.24) is 19.8 Å². The second-order valence-electron chi connectivity index (χ2n) is 10.8. The van der Waals surface area contributed by atoms with Gasteiger partial charge < -0.3 is 20.0 Å². The maximum atomic E-state index is 13.5. The Morgan fingerprint density at radius 2 is 1.98 bits per heavy atom. The maximum Gasteiger partial charge on any atom is 0.254 e. The van der Waals surface area contributed by atoms with E-state index < -0.39 is 6.29 Å². The van der Waals surface area contributed by atoms with Crippen molar-refractivity contribution in [3.05, 3.63) is 81.8 Å². The fourth-order valence-corrected chi connectivity index (χ4v) is 5.89. The number of aliphatic hydroxyl groups excluding tert-OH is 1. The minimum atomic E-state index is -1.30. The third-order valence-corrected chi connectivity index (χ3v) is 8.20. The zero-order chi connectivity index (χ0) is 28.8. The van der Waals surface area contributed by atoms with E-state index in [-0.39, 0.29) is 11.8 Å². The molecule has 8 nitrogen and oxygen atoms in total. The SMILES string of the molecule is CN=CC1=C(N2CCN(C(=O)c3ccc4nc(C5C=CC(Cl)=CC5)c(CCCCC(O)O)nc4c3)CC2)C=CCC1. The van der Waals surface area contributed by atoms with Gasteiger partial charge in [-0.25, -0.2) is 9.97 Å². The van der Waals surface area contributed by atoms with Gasteiger partial charge in [-0.1, -0.05) is 29.8 Å². The van der Waals surface area contributed by atoms with Crippen molar-refractivity contribution in [3.63, 3.8) is 0 Å². The minimum Gasteiger partial charge on any atom is -0.368 e. The van der Waals surface area contributed by atoms with E-state index in [4.69, 9.17) is 21.6 Å². The molecule has 0 bridgehead atoms. The standard InChI is InChI=1S/C32H38ClN5O3/c1-34-21-24-6-2-4-8-29(24)37-16-18-38(19-17-37)32(41)23-12-15-26-28(20-23)35-27(7-3-5-9-30(39)40)31(36-26)22-10-13-25(33)14-11-22/h4,8,10,12-15,20-22,30,39-40H,2-3,5-7,9,11,16-19H2,1H3. The summed E-state index contributed by atoms with van der Waals surface area (Å²) in [4.78, 5) is 32.0. The molecule has 9 heteroatoms. The van der Waals surface area contributed by atoms with E-state index in [2.05, 4.69) is 28.1 Å². The first-order valence-corrected chi connectivity index (χ1v) is 14.9. The number of hydrogen-bond acceptors (Lipinski definition) is 7. The number of hydrogen-bond donors (Lipinski definition) is 2. The second-order valence-corrected chi connectivity index (χ2v) is 11.2. The molecular weight excluding hydrogens is 538 g/mol. The van der Waals surface area contributed by atoms with E-state index in [0.29, 0.717) is 43.4 Å². The molecular formula is C32H38ClN5O3. The number of aromatic nitrogens is 2.